The summed E-state index contributed by atoms with van der Waals surface area (Å²) in [6.45, 7) is 2.22. The largest absolute Gasteiger partial charge is 0.466 e. The number of aliphatic hydroxyl groups is 1. The first-order chi connectivity index (χ1) is 5.20. The highest BCUT2D eigenvalue weighted by Gasteiger charge is 1.94. The Bertz CT molecular complexity index is 154. The maximum atomic E-state index is 10.6. The number of hydrogen-bond donors (Lipinski definition) is 2. The lowest BCUT2D eigenvalue weighted by molar-refractivity contribution is -0.134. The van der Waals surface area contributed by atoms with Crippen molar-refractivity contribution >= 4 is 5.97 Å². The predicted octanol–water partition coefficient (Wildman–Crippen LogP) is -0.355. The molecule has 4 nitrogen and oxygen atoms in total. The number of aliphatic hydroxyl groups excluding tert-OH is 1. The predicted molar refractivity (Wildman–Crippen MR) is 40.9 cm³/mol. The van der Waals surface area contributed by atoms with E-state index >= 15 is 0 Å². The van der Waals surface area contributed by atoms with Gasteiger partial charge in [0.15, 0.2) is 0 Å². The van der Waals surface area contributed by atoms with Gasteiger partial charge in [0.25, 0.3) is 0 Å². The Kier molecular flexibility index (Phi) is 5.20. The molecule has 0 spiro atoms. The SMILES string of the molecule is COC(=O)C=C(C)NCCO. The van der Waals surface area contributed by atoms with Crippen molar-refractivity contribution in [2.45, 2.75) is 6.92 Å². The molecule has 0 radical (unpaired) electrons. The molecule has 0 saturated carbocycles. The first kappa shape index (κ1) is 9.97. The van der Waals surface area contributed by atoms with Gasteiger partial charge in [-0.25, -0.2) is 4.79 Å². The first-order valence-electron chi connectivity index (χ1n) is 3.31. The van der Waals surface area contributed by atoms with Crippen LogP contribution >= 0.6 is 0 Å². The summed E-state index contributed by atoms with van der Waals surface area (Å²) in [6.07, 6.45) is 1.33. The summed E-state index contributed by atoms with van der Waals surface area (Å²) in [5.41, 5.74) is 0.686. The quantitative estimate of drug-likeness (QED) is 0.434. The molecule has 0 aromatic carbocycles. The van der Waals surface area contributed by atoms with E-state index in [1.807, 2.05) is 0 Å². The molecule has 0 saturated heterocycles. The van der Waals surface area contributed by atoms with E-state index in [4.69, 9.17) is 5.11 Å². The van der Waals surface area contributed by atoms with E-state index in [1.54, 1.807) is 6.92 Å². The molecule has 4 heteroatoms. The van der Waals surface area contributed by atoms with E-state index < -0.39 is 5.97 Å². The molecular weight excluding hydrogens is 146 g/mol. The van der Waals surface area contributed by atoms with E-state index in [9.17, 15) is 4.79 Å². The van der Waals surface area contributed by atoms with Crippen molar-refractivity contribution in [1.82, 2.24) is 5.32 Å². The summed E-state index contributed by atoms with van der Waals surface area (Å²) in [7, 11) is 1.32. The second-order valence-electron chi connectivity index (χ2n) is 2.00. The summed E-state index contributed by atoms with van der Waals surface area (Å²) in [5, 5.41) is 11.2. The van der Waals surface area contributed by atoms with Gasteiger partial charge in [-0.1, -0.05) is 0 Å². The van der Waals surface area contributed by atoms with Crippen molar-refractivity contribution < 1.29 is 14.6 Å². The van der Waals surface area contributed by atoms with Crippen LogP contribution < -0.4 is 5.32 Å². The molecule has 11 heavy (non-hydrogen) atoms. The molecular formula is C7H13NO3. The van der Waals surface area contributed by atoms with Crippen LogP contribution in [0.3, 0.4) is 0 Å². The molecule has 0 fully saturated rings. The molecule has 0 aromatic rings. The zero-order chi connectivity index (χ0) is 8.69. The van der Waals surface area contributed by atoms with Gasteiger partial charge in [0, 0.05) is 18.3 Å². The number of ether oxygens (including phenoxy) is 1. The van der Waals surface area contributed by atoms with Gasteiger partial charge < -0.3 is 15.2 Å². The van der Waals surface area contributed by atoms with E-state index in [1.165, 1.54) is 13.2 Å². The van der Waals surface area contributed by atoms with Crippen molar-refractivity contribution in [1.29, 1.82) is 0 Å². The molecule has 0 bridgehead atoms. The van der Waals surface area contributed by atoms with Crippen molar-refractivity contribution in [3.05, 3.63) is 11.8 Å². The Morgan fingerprint density at radius 3 is 2.82 bits per heavy atom. The van der Waals surface area contributed by atoms with Crippen LogP contribution in [0, 0.1) is 0 Å². The lowest BCUT2D eigenvalue weighted by Gasteiger charge is -2.02. The Labute approximate surface area is 65.9 Å². The Balaban J connectivity index is 3.70. The summed E-state index contributed by atoms with van der Waals surface area (Å²) < 4.78 is 4.38. The number of esters is 1. The molecule has 2 N–H and O–H groups in total. The zero-order valence-corrected chi connectivity index (χ0v) is 6.76. The maximum Gasteiger partial charge on any atom is 0.332 e. The molecule has 0 unspecified atom stereocenters. The lowest BCUT2D eigenvalue weighted by atomic mass is 10.4. The number of nitrogens with one attached hydrogen (secondary N) is 1. The van der Waals surface area contributed by atoms with Gasteiger partial charge in [-0.3, -0.25) is 0 Å². The molecule has 0 rings (SSSR count). The topological polar surface area (TPSA) is 58.6 Å². The highest BCUT2D eigenvalue weighted by atomic mass is 16.5. The van der Waals surface area contributed by atoms with E-state index in [-0.39, 0.29) is 6.61 Å². The van der Waals surface area contributed by atoms with Gasteiger partial charge in [0.2, 0.25) is 0 Å². The fraction of sp³-hybridized carbons (Fsp3) is 0.571. The molecule has 64 valence electrons. The average Bonchev–Trinajstić information content (AvgIpc) is 2.00. The average molecular weight is 159 g/mol. The van der Waals surface area contributed by atoms with E-state index in [2.05, 4.69) is 10.1 Å². The van der Waals surface area contributed by atoms with Gasteiger partial charge in [-0.05, 0) is 6.92 Å². The molecule has 0 aliphatic rings. The van der Waals surface area contributed by atoms with Crippen LogP contribution in [0.4, 0.5) is 0 Å². The number of allylic oxidation sites excluding steroid dienone is 1. The van der Waals surface area contributed by atoms with Crippen molar-refractivity contribution in [2.75, 3.05) is 20.3 Å². The molecule has 0 aliphatic carbocycles. The van der Waals surface area contributed by atoms with Crippen LogP contribution in [0.15, 0.2) is 11.8 Å². The number of carbonyl (C=O) groups excluding carboxylic acids is 1. The first-order valence-corrected chi connectivity index (χ1v) is 3.31. The van der Waals surface area contributed by atoms with E-state index in [0.29, 0.717) is 12.2 Å². The third-order valence-electron chi connectivity index (χ3n) is 1.05. The molecule has 0 aliphatic heterocycles. The minimum absolute atomic E-state index is 0.0480. The Morgan fingerprint density at radius 1 is 1.73 bits per heavy atom. The number of methoxy groups -OCH3 is 1. The van der Waals surface area contributed by atoms with Crippen LogP contribution in [0.2, 0.25) is 0 Å². The minimum Gasteiger partial charge on any atom is -0.466 e. The van der Waals surface area contributed by atoms with Crippen LogP contribution in [0.5, 0.6) is 0 Å². The van der Waals surface area contributed by atoms with Gasteiger partial charge in [0.05, 0.1) is 13.7 Å². The van der Waals surface area contributed by atoms with Gasteiger partial charge in [0.1, 0.15) is 0 Å². The number of rotatable bonds is 4. The van der Waals surface area contributed by atoms with Gasteiger partial charge >= 0.3 is 5.97 Å². The van der Waals surface area contributed by atoms with Crippen LogP contribution in [0.1, 0.15) is 6.92 Å². The summed E-state index contributed by atoms with van der Waals surface area (Å²) >= 11 is 0. The summed E-state index contributed by atoms with van der Waals surface area (Å²) in [5.74, 6) is -0.395. The second kappa shape index (κ2) is 5.73. The fourth-order valence-electron chi connectivity index (χ4n) is 0.540. The smallest absolute Gasteiger partial charge is 0.332 e. The molecule has 0 heterocycles. The molecule has 0 aromatic heterocycles. The normalized spacial score (nSPS) is 11.0. The Hall–Kier alpha value is -1.03. The molecule has 0 amide bonds. The highest BCUT2D eigenvalue weighted by Crippen LogP contribution is 1.86. The second-order valence-corrected chi connectivity index (χ2v) is 2.00. The highest BCUT2D eigenvalue weighted by molar-refractivity contribution is 5.82. The minimum atomic E-state index is -0.395. The van der Waals surface area contributed by atoms with Crippen molar-refractivity contribution in [3.63, 3.8) is 0 Å². The summed E-state index contributed by atoms with van der Waals surface area (Å²) in [6, 6.07) is 0. The zero-order valence-electron chi connectivity index (χ0n) is 6.76. The fourth-order valence-corrected chi connectivity index (χ4v) is 0.540. The van der Waals surface area contributed by atoms with Crippen LogP contribution in [-0.4, -0.2) is 31.3 Å². The maximum absolute atomic E-state index is 10.6. The number of hydrogen-bond acceptors (Lipinski definition) is 4. The number of carbonyl (C=O) groups is 1. The standard InChI is InChI=1S/C7H13NO3/c1-6(8-3-4-9)5-7(10)11-2/h5,8-9H,3-4H2,1-2H3. The molecule has 0 atom stereocenters. The third-order valence-corrected chi connectivity index (χ3v) is 1.05. The Morgan fingerprint density at radius 2 is 2.36 bits per heavy atom. The third kappa shape index (κ3) is 5.42. The van der Waals surface area contributed by atoms with Crippen LogP contribution in [-0.2, 0) is 9.53 Å². The lowest BCUT2D eigenvalue weighted by Crippen LogP contribution is -2.16. The van der Waals surface area contributed by atoms with Gasteiger partial charge in [-0.2, -0.15) is 0 Å². The van der Waals surface area contributed by atoms with Crippen molar-refractivity contribution in [2.24, 2.45) is 0 Å². The summed E-state index contributed by atoms with van der Waals surface area (Å²) in [4.78, 5) is 10.6. The van der Waals surface area contributed by atoms with E-state index in [0.717, 1.165) is 0 Å². The monoisotopic (exact) mass is 159 g/mol. The van der Waals surface area contributed by atoms with Gasteiger partial charge in [-0.15, -0.1) is 0 Å². The van der Waals surface area contributed by atoms with Crippen LogP contribution in [0.25, 0.3) is 0 Å². The van der Waals surface area contributed by atoms with Crippen molar-refractivity contribution in [3.8, 4) is 0 Å².